The Labute approximate surface area is 498 Å². The number of nitrogens with one attached hydrogen (secondary N) is 3. The quantitative estimate of drug-likeness (QED) is 0.0249. The Bertz CT molecular complexity index is 4420. The molecule has 0 atom stereocenters. The molecule has 25 nitrogen and oxygen atoms in total. The van der Waals surface area contributed by atoms with Gasteiger partial charge in [-0.05, 0) is 78.2 Å². The minimum Gasteiger partial charge on any atom is -0.399 e. The average molecular weight is 1160 g/mol. The topological polar surface area (TPSA) is 314 Å². The van der Waals surface area contributed by atoms with Gasteiger partial charge < -0.3 is 47.7 Å². The van der Waals surface area contributed by atoms with Crippen molar-refractivity contribution in [3.8, 4) is 0 Å². The zero-order chi connectivity index (χ0) is 60.3. The predicted molar refractivity (Wildman–Crippen MR) is 340 cm³/mol. The van der Waals surface area contributed by atoms with Gasteiger partial charge in [0.1, 0.15) is 74.7 Å². The molecule has 0 fully saturated rings. The smallest absolute Gasteiger partial charge is 0.187 e. The fourth-order valence-electron chi connectivity index (χ4n) is 8.98. The number of fused-ring (bicyclic) bond motifs is 3. The van der Waals surface area contributed by atoms with Gasteiger partial charge in [0.05, 0.1) is 96.7 Å². The van der Waals surface area contributed by atoms with Gasteiger partial charge in [0.15, 0.2) is 5.69 Å². The highest BCUT2D eigenvalue weighted by molar-refractivity contribution is 5.95. The maximum absolute atomic E-state index is 7.17. The number of benzene rings is 6. The first kappa shape index (κ1) is 57.9. The molecule has 0 amide bonds. The van der Waals surface area contributed by atoms with Gasteiger partial charge in [0.25, 0.3) is 0 Å². The van der Waals surface area contributed by atoms with E-state index in [9.17, 15) is 0 Å². The van der Waals surface area contributed by atoms with Gasteiger partial charge in [-0.1, -0.05) is 100 Å². The minimum absolute atomic E-state index is 0.295. The van der Waals surface area contributed by atoms with Gasteiger partial charge in [-0.3, -0.25) is 14.0 Å². The van der Waals surface area contributed by atoms with Crippen molar-refractivity contribution >= 4 is 109 Å². The van der Waals surface area contributed by atoms with Gasteiger partial charge in [0, 0.05) is 33.2 Å². The standard InChI is InChI=1S/C21H18N8O.C21H21N7O.C20H19N7O/c1-23-16-5-3-4-14(8-16)12-29-19-7-6-17(9-15(19)10-26-29)28-21-18(11-27-30-2)20(22)24-13-25-21;1-2-29-26-12-18-20(22)23-14-24-21(18)27-17-8-9-19-16(10-17)11-25-28(19)13-15-6-4-3-5-7-15;1-28-25-11-17-19(21)22-13-23-20(17)26-16-7-8-18-15(9-16)10-24-27(18)12-14-5-3-2-4-6-14/h3-11,13H,12H2,2H3,(H3,22,24,25,28);3-12,14H,2,13H2,1H3,(H3,22,23,24,27);2-11,13H,12H2,1H3,(H3,21,22,23,26)/b27-11+;26-12+;25-11+. The first-order valence-electron chi connectivity index (χ1n) is 27.0. The van der Waals surface area contributed by atoms with E-state index in [0.717, 1.165) is 68.4 Å². The van der Waals surface area contributed by atoms with E-state index < -0.39 is 0 Å². The third kappa shape index (κ3) is 14.7. The third-order valence-corrected chi connectivity index (χ3v) is 13.1. The normalized spacial score (nSPS) is 11.1. The van der Waals surface area contributed by atoms with Crippen molar-refractivity contribution in [3.05, 3.63) is 222 Å². The summed E-state index contributed by atoms with van der Waals surface area (Å²) in [4.78, 5) is 42.8. The lowest BCUT2D eigenvalue weighted by Gasteiger charge is -2.10. The Morgan fingerprint density at radius 2 is 0.851 bits per heavy atom. The van der Waals surface area contributed by atoms with Crippen LogP contribution in [0.4, 0.5) is 57.7 Å². The first-order valence-corrected chi connectivity index (χ1v) is 27.0. The Morgan fingerprint density at radius 3 is 1.23 bits per heavy atom. The lowest BCUT2D eigenvalue weighted by atomic mass is 10.2. The van der Waals surface area contributed by atoms with Crippen LogP contribution >= 0.6 is 0 Å². The maximum atomic E-state index is 7.17. The van der Waals surface area contributed by atoms with Crippen LogP contribution in [0.15, 0.2) is 193 Å². The Kier molecular flexibility index (Phi) is 18.7. The number of aromatic nitrogens is 12. The largest absolute Gasteiger partial charge is 0.399 e. The molecule has 9 N–H and O–H groups in total. The average Bonchev–Trinajstić information content (AvgIpc) is 3.15. The monoisotopic (exact) mass is 1160 g/mol. The summed E-state index contributed by atoms with van der Waals surface area (Å²) >= 11 is 0. The highest BCUT2D eigenvalue weighted by atomic mass is 16.6. The molecule has 6 aromatic carbocycles. The van der Waals surface area contributed by atoms with Crippen molar-refractivity contribution in [2.45, 2.75) is 26.6 Å². The van der Waals surface area contributed by atoms with Crippen molar-refractivity contribution in [3.63, 3.8) is 0 Å². The van der Waals surface area contributed by atoms with Crippen LogP contribution in [0.1, 0.15) is 40.3 Å². The third-order valence-electron chi connectivity index (χ3n) is 13.1. The highest BCUT2D eigenvalue weighted by Gasteiger charge is 2.14. The molecule has 434 valence electrons. The van der Waals surface area contributed by atoms with Crippen LogP contribution in [0, 0.1) is 6.57 Å². The lowest BCUT2D eigenvalue weighted by molar-refractivity contribution is 0.160. The molecule has 87 heavy (non-hydrogen) atoms. The van der Waals surface area contributed by atoms with Crippen molar-refractivity contribution in [1.29, 1.82) is 0 Å². The van der Waals surface area contributed by atoms with E-state index in [0.29, 0.717) is 70.4 Å². The molecule has 12 aromatic rings. The molecule has 12 rings (SSSR count). The predicted octanol–water partition coefficient (Wildman–Crippen LogP) is 10.5. The first-order chi connectivity index (χ1) is 42.7. The second kappa shape index (κ2) is 28.1. The second-order valence-corrected chi connectivity index (χ2v) is 18.9. The molecule has 0 unspecified atom stereocenters. The zero-order valence-corrected chi connectivity index (χ0v) is 47.4. The minimum atomic E-state index is 0.295. The molecule has 0 spiro atoms. The number of anilines is 9. The van der Waals surface area contributed by atoms with Gasteiger partial charge in [-0.15, -0.1) is 0 Å². The van der Waals surface area contributed by atoms with Crippen LogP contribution in [0.5, 0.6) is 0 Å². The summed E-state index contributed by atoms with van der Waals surface area (Å²) in [6, 6.07) is 46.0. The number of rotatable bonds is 19. The summed E-state index contributed by atoms with van der Waals surface area (Å²) < 4.78 is 5.87. The molecule has 25 heteroatoms. The van der Waals surface area contributed by atoms with Gasteiger partial charge >= 0.3 is 0 Å². The number of hydrogen-bond acceptors (Lipinski definition) is 21. The summed E-state index contributed by atoms with van der Waals surface area (Å²) in [6.07, 6.45) is 14.2. The molecule has 6 aromatic heterocycles. The fraction of sp³-hybridized carbons (Fsp3) is 0.113. The molecule has 0 saturated carbocycles. The number of nitrogen functional groups attached to an aromatic ring is 3. The summed E-state index contributed by atoms with van der Waals surface area (Å²) in [5, 5.41) is 37.7. The number of oxime groups is 3. The van der Waals surface area contributed by atoms with Crippen LogP contribution in [-0.4, -0.2) is 98.7 Å². The molecule has 0 aliphatic heterocycles. The second-order valence-electron chi connectivity index (χ2n) is 18.9. The Hall–Kier alpha value is -12.3. The van der Waals surface area contributed by atoms with Crippen molar-refractivity contribution < 1.29 is 14.5 Å². The van der Waals surface area contributed by atoms with E-state index in [2.05, 4.69) is 106 Å². The number of hydrogen-bond donors (Lipinski definition) is 6. The molecule has 6 heterocycles. The van der Waals surface area contributed by atoms with E-state index in [4.69, 9.17) is 38.3 Å². The summed E-state index contributed by atoms with van der Waals surface area (Å²) in [6.45, 7) is 11.5. The van der Waals surface area contributed by atoms with E-state index in [1.807, 2.05) is 143 Å². The summed E-state index contributed by atoms with van der Waals surface area (Å²) in [7, 11) is 2.91. The molecular weight excluding hydrogens is 1100 g/mol. The van der Waals surface area contributed by atoms with Crippen molar-refractivity contribution in [2.75, 3.05) is 54.0 Å². The van der Waals surface area contributed by atoms with Crippen molar-refractivity contribution in [1.82, 2.24) is 59.2 Å². The maximum Gasteiger partial charge on any atom is 0.187 e. The molecule has 0 aliphatic carbocycles. The zero-order valence-electron chi connectivity index (χ0n) is 47.4. The molecule has 0 aliphatic rings. The van der Waals surface area contributed by atoms with E-state index >= 15 is 0 Å². The van der Waals surface area contributed by atoms with Crippen LogP contribution in [0.25, 0.3) is 37.6 Å². The van der Waals surface area contributed by atoms with E-state index in [1.54, 1.807) is 12.3 Å². The summed E-state index contributed by atoms with van der Waals surface area (Å²) in [5.41, 5.74) is 29.2. The van der Waals surface area contributed by atoms with Gasteiger partial charge in [-0.2, -0.15) is 15.3 Å². The molecule has 0 radical (unpaired) electrons. The Balaban J connectivity index is 0.000000145. The van der Waals surface area contributed by atoms with Gasteiger partial charge in [0.2, 0.25) is 0 Å². The van der Waals surface area contributed by atoms with E-state index in [-0.39, 0.29) is 0 Å². The molecule has 0 bridgehead atoms. The van der Waals surface area contributed by atoms with Crippen LogP contribution in [0.3, 0.4) is 0 Å². The number of nitrogens with zero attached hydrogens (tertiary/aromatic N) is 16. The van der Waals surface area contributed by atoms with E-state index in [1.165, 1.54) is 63.0 Å². The van der Waals surface area contributed by atoms with Crippen LogP contribution in [0.2, 0.25) is 0 Å². The van der Waals surface area contributed by atoms with Crippen LogP contribution < -0.4 is 33.2 Å². The Morgan fingerprint density at radius 1 is 0.471 bits per heavy atom. The van der Waals surface area contributed by atoms with Crippen molar-refractivity contribution in [2.24, 2.45) is 15.5 Å². The fourth-order valence-corrected chi connectivity index (χ4v) is 8.98. The molecule has 0 saturated heterocycles. The summed E-state index contributed by atoms with van der Waals surface area (Å²) in [5.74, 6) is 2.55. The lowest BCUT2D eigenvalue weighted by Crippen LogP contribution is -2.05. The van der Waals surface area contributed by atoms with Crippen LogP contribution in [-0.2, 0) is 34.1 Å². The van der Waals surface area contributed by atoms with Gasteiger partial charge in [-0.25, -0.2) is 34.7 Å². The highest BCUT2D eigenvalue weighted by Crippen LogP contribution is 2.29. The molecular formula is C62H58N22O3. The number of nitrogens with two attached hydrogens (primary N) is 3. The SMILES string of the molecule is CCO/N=C/c1c(N)ncnc1Nc1ccc2c(cnn2Cc2ccccc2)c1.CO/N=C/c1c(N)ncnc1Nc1ccc2c(cnn2Cc2ccccc2)c1.[C-]#[N+]c1cccc(Cn2ncc3cc(Nc4ncnc(N)c4/C=N/OC)ccc32)c1.